The Morgan fingerprint density at radius 2 is 1.04 bits per heavy atom. The van der Waals surface area contributed by atoms with Crippen LogP contribution < -0.4 is 4.90 Å². The predicted molar refractivity (Wildman–Crippen MR) is 202 cm³/mol. The van der Waals surface area contributed by atoms with E-state index in [0.717, 1.165) is 55.7 Å². The second kappa shape index (κ2) is 11.0. The molecule has 0 amide bonds. The highest BCUT2D eigenvalue weighted by Gasteiger charge is 2.19. The molecule has 0 aliphatic rings. The van der Waals surface area contributed by atoms with E-state index in [9.17, 15) is 0 Å². The molecule has 0 unspecified atom stereocenters. The van der Waals surface area contributed by atoms with E-state index in [1.165, 1.54) is 32.7 Å². The van der Waals surface area contributed by atoms with Crippen molar-refractivity contribution in [2.75, 3.05) is 4.90 Å². The quantitative estimate of drug-likeness (QED) is 0.190. The minimum absolute atomic E-state index is 0.586. The summed E-state index contributed by atoms with van der Waals surface area (Å²) < 4.78 is 12.7. The SMILES string of the molecule is c1ccc2cc(-c3ccc(N(c4ccc5ccccc5c4)c4ccc5c(c4)oc4cccc(-c6nc7ccccc7o6)c45)cc3)ccc2c1. The first-order chi connectivity index (χ1) is 24.2. The zero-order valence-corrected chi connectivity index (χ0v) is 26.4. The van der Waals surface area contributed by atoms with Gasteiger partial charge >= 0.3 is 0 Å². The molecule has 0 saturated heterocycles. The highest BCUT2D eigenvalue weighted by atomic mass is 16.3. The number of rotatable bonds is 5. The van der Waals surface area contributed by atoms with Gasteiger partial charge in [-0.05, 0) is 99.4 Å². The van der Waals surface area contributed by atoms with E-state index >= 15 is 0 Å². The van der Waals surface area contributed by atoms with Crippen LogP contribution >= 0.6 is 0 Å². The van der Waals surface area contributed by atoms with E-state index in [4.69, 9.17) is 13.8 Å². The van der Waals surface area contributed by atoms with Gasteiger partial charge in [0.1, 0.15) is 16.7 Å². The standard InChI is InChI=1S/C45H28N2O2/c1-3-10-32-26-34(17-16-29(32)8-1)31-18-21-35(22-19-31)47(36-23-20-30-9-2-4-11-33(30)27-36)37-24-25-38-43(28-37)48-42-15-7-12-39(44(38)42)45-46-40-13-5-6-14-41(40)49-45/h1-28H. The summed E-state index contributed by atoms with van der Waals surface area (Å²) in [6, 6.07) is 59.4. The summed E-state index contributed by atoms with van der Waals surface area (Å²) in [4.78, 5) is 7.09. The lowest BCUT2D eigenvalue weighted by Crippen LogP contribution is -2.09. The van der Waals surface area contributed by atoms with Crippen LogP contribution in [-0.2, 0) is 0 Å². The number of para-hydroxylation sites is 2. The summed E-state index contributed by atoms with van der Waals surface area (Å²) in [5.41, 5.74) is 9.61. The number of fused-ring (bicyclic) bond motifs is 6. The van der Waals surface area contributed by atoms with Crippen molar-refractivity contribution in [2.45, 2.75) is 0 Å². The number of hydrogen-bond donors (Lipinski definition) is 0. The van der Waals surface area contributed by atoms with Crippen molar-refractivity contribution in [1.29, 1.82) is 0 Å². The van der Waals surface area contributed by atoms with Crippen LogP contribution in [0, 0.1) is 0 Å². The normalized spacial score (nSPS) is 11.7. The Hall–Kier alpha value is -6.65. The number of hydrogen-bond acceptors (Lipinski definition) is 4. The molecule has 0 saturated carbocycles. The van der Waals surface area contributed by atoms with Gasteiger partial charge in [0, 0.05) is 39.5 Å². The van der Waals surface area contributed by atoms with Crippen molar-refractivity contribution in [3.8, 4) is 22.6 Å². The molecule has 10 aromatic rings. The van der Waals surface area contributed by atoms with Crippen LogP contribution in [-0.4, -0.2) is 4.98 Å². The van der Waals surface area contributed by atoms with Crippen LogP contribution in [0.15, 0.2) is 179 Å². The molecule has 4 heteroatoms. The lowest BCUT2D eigenvalue weighted by atomic mass is 10.0. The Labute approximate surface area is 282 Å². The molecule has 49 heavy (non-hydrogen) atoms. The van der Waals surface area contributed by atoms with Crippen molar-refractivity contribution in [3.05, 3.63) is 170 Å². The fraction of sp³-hybridized carbons (Fsp3) is 0. The smallest absolute Gasteiger partial charge is 0.228 e. The van der Waals surface area contributed by atoms with Gasteiger partial charge in [0.25, 0.3) is 0 Å². The van der Waals surface area contributed by atoms with Crippen LogP contribution in [0.25, 0.3) is 77.2 Å². The number of anilines is 3. The molecule has 0 spiro atoms. The minimum atomic E-state index is 0.586. The maximum Gasteiger partial charge on any atom is 0.228 e. The van der Waals surface area contributed by atoms with Gasteiger partial charge in [0.2, 0.25) is 5.89 Å². The topological polar surface area (TPSA) is 42.4 Å². The molecule has 0 aliphatic heterocycles. The minimum Gasteiger partial charge on any atom is -0.456 e. The van der Waals surface area contributed by atoms with Gasteiger partial charge in [0.05, 0.1) is 0 Å². The Bertz CT molecular complexity index is 2810. The average Bonchev–Trinajstić information content (AvgIpc) is 3.77. The highest BCUT2D eigenvalue weighted by Crippen LogP contribution is 2.42. The molecule has 0 radical (unpaired) electrons. The number of aromatic nitrogens is 1. The summed E-state index contributed by atoms with van der Waals surface area (Å²) in [6.45, 7) is 0. The third-order valence-corrected chi connectivity index (χ3v) is 9.46. The largest absolute Gasteiger partial charge is 0.456 e. The Morgan fingerprint density at radius 3 is 1.86 bits per heavy atom. The lowest BCUT2D eigenvalue weighted by Gasteiger charge is -2.26. The second-order valence-electron chi connectivity index (χ2n) is 12.4. The molecule has 10 rings (SSSR count). The molecule has 4 nitrogen and oxygen atoms in total. The highest BCUT2D eigenvalue weighted by molar-refractivity contribution is 6.12. The van der Waals surface area contributed by atoms with Crippen molar-refractivity contribution in [2.24, 2.45) is 0 Å². The first-order valence-corrected chi connectivity index (χ1v) is 16.4. The van der Waals surface area contributed by atoms with Crippen molar-refractivity contribution < 1.29 is 8.83 Å². The molecule has 0 fully saturated rings. The lowest BCUT2D eigenvalue weighted by molar-refractivity contribution is 0.620. The third-order valence-electron chi connectivity index (χ3n) is 9.46. The van der Waals surface area contributed by atoms with Crippen LogP contribution in [0.3, 0.4) is 0 Å². The van der Waals surface area contributed by atoms with E-state index in [-0.39, 0.29) is 0 Å². The van der Waals surface area contributed by atoms with Gasteiger partial charge in [-0.1, -0.05) is 97.1 Å². The van der Waals surface area contributed by atoms with E-state index in [2.05, 4.69) is 132 Å². The number of oxazole rings is 1. The fourth-order valence-electron chi connectivity index (χ4n) is 7.05. The molecule has 0 aliphatic carbocycles. The molecule has 0 N–H and O–H groups in total. The third kappa shape index (κ3) is 4.65. The molecule has 2 heterocycles. The molecule has 2 aromatic heterocycles. The van der Waals surface area contributed by atoms with Crippen LogP contribution in [0.4, 0.5) is 17.1 Å². The fourth-order valence-corrected chi connectivity index (χ4v) is 7.05. The molecule has 8 aromatic carbocycles. The maximum atomic E-state index is 6.54. The zero-order chi connectivity index (χ0) is 32.3. The monoisotopic (exact) mass is 628 g/mol. The van der Waals surface area contributed by atoms with Crippen molar-refractivity contribution >= 4 is 71.6 Å². The summed E-state index contributed by atoms with van der Waals surface area (Å²) >= 11 is 0. The summed E-state index contributed by atoms with van der Waals surface area (Å²) in [5.74, 6) is 0.586. The van der Waals surface area contributed by atoms with E-state index < -0.39 is 0 Å². The zero-order valence-electron chi connectivity index (χ0n) is 26.4. The Kier molecular flexibility index (Phi) is 6.15. The molecule has 230 valence electrons. The molecule has 0 bridgehead atoms. The van der Waals surface area contributed by atoms with Gasteiger partial charge in [-0.15, -0.1) is 0 Å². The predicted octanol–water partition coefficient (Wildman–Crippen LogP) is 12.8. The molecular formula is C45H28N2O2. The molecule has 0 atom stereocenters. The van der Waals surface area contributed by atoms with Crippen LogP contribution in [0.1, 0.15) is 0 Å². The van der Waals surface area contributed by atoms with Crippen LogP contribution in [0.2, 0.25) is 0 Å². The molecular weight excluding hydrogens is 601 g/mol. The average molecular weight is 629 g/mol. The van der Waals surface area contributed by atoms with Gasteiger partial charge < -0.3 is 13.7 Å². The van der Waals surface area contributed by atoms with E-state index in [1.807, 2.05) is 42.5 Å². The Balaban J connectivity index is 1.11. The Morgan fingerprint density at radius 1 is 0.408 bits per heavy atom. The van der Waals surface area contributed by atoms with Crippen LogP contribution in [0.5, 0.6) is 0 Å². The van der Waals surface area contributed by atoms with Crippen molar-refractivity contribution in [1.82, 2.24) is 4.98 Å². The summed E-state index contributed by atoms with van der Waals surface area (Å²) in [6.07, 6.45) is 0. The van der Waals surface area contributed by atoms with E-state index in [1.54, 1.807) is 0 Å². The first kappa shape index (κ1) is 27.5. The van der Waals surface area contributed by atoms with Gasteiger partial charge in [-0.3, -0.25) is 0 Å². The maximum absolute atomic E-state index is 6.54. The van der Waals surface area contributed by atoms with Gasteiger partial charge in [-0.2, -0.15) is 0 Å². The van der Waals surface area contributed by atoms with E-state index in [0.29, 0.717) is 5.89 Å². The summed E-state index contributed by atoms with van der Waals surface area (Å²) in [5, 5.41) is 6.88. The second-order valence-corrected chi connectivity index (χ2v) is 12.4. The first-order valence-electron chi connectivity index (χ1n) is 16.4. The summed E-state index contributed by atoms with van der Waals surface area (Å²) in [7, 11) is 0. The number of furan rings is 1. The number of nitrogens with zero attached hydrogens (tertiary/aromatic N) is 2. The van der Waals surface area contributed by atoms with Gasteiger partial charge in [0.15, 0.2) is 5.58 Å². The van der Waals surface area contributed by atoms with Crippen molar-refractivity contribution in [3.63, 3.8) is 0 Å². The van der Waals surface area contributed by atoms with Gasteiger partial charge in [-0.25, -0.2) is 4.98 Å². The number of benzene rings is 8.